The molecule has 2 N–H and O–H groups in total. The summed E-state index contributed by atoms with van der Waals surface area (Å²) in [5, 5.41) is 12.4. The maximum Gasteiger partial charge on any atom is 0.407 e. The Balaban J connectivity index is 2.59. The molecule has 0 saturated carbocycles. The molecule has 0 aliphatic carbocycles. The van der Waals surface area contributed by atoms with E-state index >= 15 is 0 Å². The van der Waals surface area contributed by atoms with Gasteiger partial charge in [0.2, 0.25) is 0 Å². The van der Waals surface area contributed by atoms with Gasteiger partial charge in [-0.25, -0.2) is 9.18 Å². The fraction of sp³-hybridized carbons (Fsp3) is 0.462. The molecule has 0 saturated heterocycles. The van der Waals surface area contributed by atoms with E-state index in [-0.39, 0.29) is 5.56 Å². The van der Waals surface area contributed by atoms with E-state index in [1.807, 2.05) is 6.92 Å². The molecule has 0 bridgehead atoms. The third-order valence-corrected chi connectivity index (χ3v) is 2.48. The van der Waals surface area contributed by atoms with Crippen LogP contribution in [0.1, 0.15) is 31.9 Å². The molecule has 1 aromatic rings. The van der Waals surface area contributed by atoms with Gasteiger partial charge in [-0.3, -0.25) is 0 Å². The van der Waals surface area contributed by atoms with Gasteiger partial charge >= 0.3 is 6.09 Å². The second-order valence-corrected chi connectivity index (χ2v) is 4.00. The molecule has 0 heterocycles. The van der Waals surface area contributed by atoms with E-state index in [0.29, 0.717) is 6.54 Å². The van der Waals surface area contributed by atoms with Gasteiger partial charge in [0.1, 0.15) is 18.0 Å². The van der Waals surface area contributed by atoms with E-state index in [2.05, 4.69) is 5.32 Å². The van der Waals surface area contributed by atoms with Crippen LogP contribution in [0.15, 0.2) is 24.3 Å². The predicted octanol–water partition coefficient (Wildman–Crippen LogP) is 2.38. The van der Waals surface area contributed by atoms with Gasteiger partial charge in [0.25, 0.3) is 0 Å². The first-order valence-corrected chi connectivity index (χ1v) is 5.93. The topological polar surface area (TPSA) is 58.6 Å². The number of carbonyl (C=O) groups excluding carboxylic acids is 1. The standard InChI is InChI=1S/C13H18FNO3/c1-3-8-15-13(17)18-9(2)12(16)10-6-4-5-7-11(10)14/h4-7,9,12,16H,3,8H2,1-2H3,(H,15,17). The summed E-state index contributed by atoms with van der Waals surface area (Å²) in [5.41, 5.74) is 0.119. The number of aliphatic hydroxyl groups is 1. The molecule has 0 aliphatic rings. The number of hydrogen-bond acceptors (Lipinski definition) is 3. The number of benzene rings is 1. The molecular weight excluding hydrogens is 237 g/mol. The van der Waals surface area contributed by atoms with Crippen LogP contribution in [-0.2, 0) is 4.74 Å². The number of alkyl carbamates (subject to hydrolysis) is 1. The molecule has 100 valence electrons. The summed E-state index contributed by atoms with van der Waals surface area (Å²) in [4.78, 5) is 11.3. The van der Waals surface area contributed by atoms with E-state index in [1.165, 1.54) is 25.1 Å². The van der Waals surface area contributed by atoms with E-state index < -0.39 is 24.1 Å². The summed E-state index contributed by atoms with van der Waals surface area (Å²) < 4.78 is 18.4. The molecule has 0 fully saturated rings. The molecule has 4 nitrogen and oxygen atoms in total. The Morgan fingerprint density at radius 3 is 2.78 bits per heavy atom. The maximum absolute atomic E-state index is 13.4. The summed E-state index contributed by atoms with van der Waals surface area (Å²) >= 11 is 0. The van der Waals surface area contributed by atoms with Crippen molar-refractivity contribution in [3.63, 3.8) is 0 Å². The van der Waals surface area contributed by atoms with Crippen molar-refractivity contribution in [2.75, 3.05) is 6.54 Å². The fourth-order valence-electron chi connectivity index (χ4n) is 1.47. The number of halogens is 1. The minimum atomic E-state index is -1.18. The zero-order chi connectivity index (χ0) is 13.5. The van der Waals surface area contributed by atoms with Crippen molar-refractivity contribution in [1.82, 2.24) is 5.32 Å². The lowest BCUT2D eigenvalue weighted by atomic mass is 10.1. The summed E-state index contributed by atoms with van der Waals surface area (Å²) in [6.07, 6.45) is -1.82. The van der Waals surface area contributed by atoms with Gasteiger partial charge in [-0.05, 0) is 19.4 Å². The highest BCUT2D eigenvalue weighted by Gasteiger charge is 2.22. The molecule has 1 rings (SSSR count). The third-order valence-electron chi connectivity index (χ3n) is 2.48. The number of rotatable bonds is 5. The Hall–Kier alpha value is -1.62. The van der Waals surface area contributed by atoms with Crippen molar-refractivity contribution in [1.29, 1.82) is 0 Å². The van der Waals surface area contributed by atoms with E-state index in [1.54, 1.807) is 6.07 Å². The van der Waals surface area contributed by atoms with Crippen molar-refractivity contribution in [3.8, 4) is 0 Å². The van der Waals surface area contributed by atoms with Gasteiger partial charge in [0.15, 0.2) is 0 Å². The smallest absolute Gasteiger partial charge is 0.407 e. The number of ether oxygens (including phenoxy) is 1. The Morgan fingerprint density at radius 1 is 1.50 bits per heavy atom. The molecular formula is C13H18FNO3. The number of nitrogens with one attached hydrogen (secondary N) is 1. The van der Waals surface area contributed by atoms with Crippen molar-refractivity contribution >= 4 is 6.09 Å². The number of aliphatic hydroxyl groups excluding tert-OH is 1. The van der Waals surface area contributed by atoms with Crippen LogP contribution in [0.4, 0.5) is 9.18 Å². The average Bonchev–Trinajstić information content (AvgIpc) is 2.36. The first kappa shape index (κ1) is 14.4. The third kappa shape index (κ3) is 4.00. The molecule has 1 amide bonds. The minimum Gasteiger partial charge on any atom is -0.443 e. The van der Waals surface area contributed by atoms with Crippen molar-refractivity contribution < 1.29 is 19.0 Å². The highest BCUT2D eigenvalue weighted by Crippen LogP contribution is 2.21. The van der Waals surface area contributed by atoms with Gasteiger partial charge in [0.05, 0.1) is 0 Å². The van der Waals surface area contributed by atoms with Crippen molar-refractivity contribution in [2.24, 2.45) is 0 Å². The fourth-order valence-corrected chi connectivity index (χ4v) is 1.47. The van der Waals surface area contributed by atoms with E-state index in [4.69, 9.17) is 4.74 Å². The summed E-state index contributed by atoms with van der Waals surface area (Å²) in [7, 11) is 0. The molecule has 2 atom stereocenters. The van der Waals surface area contributed by atoms with E-state index in [0.717, 1.165) is 6.42 Å². The minimum absolute atomic E-state index is 0.119. The monoisotopic (exact) mass is 255 g/mol. The van der Waals surface area contributed by atoms with Gasteiger partial charge in [0, 0.05) is 12.1 Å². The second-order valence-electron chi connectivity index (χ2n) is 4.00. The quantitative estimate of drug-likeness (QED) is 0.849. The van der Waals surface area contributed by atoms with Crippen LogP contribution < -0.4 is 5.32 Å². The van der Waals surface area contributed by atoms with Crippen LogP contribution in [-0.4, -0.2) is 23.8 Å². The lowest BCUT2D eigenvalue weighted by Crippen LogP contribution is -2.31. The van der Waals surface area contributed by atoms with Gasteiger partial charge < -0.3 is 15.2 Å². The van der Waals surface area contributed by atoms with Gasteiger partial charge in [-0.15, -0.1) is 0 Å². The van der Waals surface area contributed by atoms with Gasteiger partial charge in [-0.1, -0.05) is 25.1 Å². The average molecular weight is 255 g/mol. The second kappa shape index (κ2) is 6.96. The van der Waals surface area contributed by atoms with Crippen molar-refractivity contribution in [2.45, 2.75) is 32.5 Å². The molecule has 18 heavy (non-hydrogen) atoms. The van der Waals surface area contributed by atoms with Crippen LogP contribution in [0.5, 0.6) is 0 Å². The summed E-state index contributed by atoms with van der Waals surface area (Å²) in [6.45, 7) is 3.93. The number of carbonyl (C=O) groups is 1. The number of hydrogen-bond donors (Lipinski definition) is 2. The van der Waals surface area contributed by atoms with Crippen molar-refractivity contribution in [3.05, 3.63) is 35.6 Å². The Morgan fingerprint density at radius 2 is 2.17 bits per heavy atom. The highest BCUT2D eigenvalue weighted by atomic mass is 19.1. The molecule has 0 spiro atoms. The molecule has 0 aliphatic heterocycles. The zero-order valence-corrected chi connectivity index (χ0v) is 10.5. The van der Waals surface area contributed by atoms with Crippen LogP contribution in [0, 0.1) is 5.82 Å². The lowest BCUT2D eigenvalue weighted by Gasteiger charge is -2.20. The molecule has 0 aromatic heterocycles. The molecule has 2 unspecified atom stereocenters. The summed E-state index contributed by atoms with van der Waals surface area (Å²) in [5.74, 6) is -0.519. The largest absolute Gasteiger partial charge is 0.443 e. The maximum atomic E-state index is 13.4. The van der Waals surface area contributed by atoms with E-state index in [9.17, 15) is 14.3 Å². The lowest BCUT2D eigenvalue weighted by molar-refractivity contribution is 0.0102. The van der Waals surface area contributed by atoms with Crippen LogP contribution in [0.2, 0.25) is 0 Å². The van der Waals surface area contributed by atoms with Crippen LogP contribution in [0.3, 0.4) is 0 Å². The number of amides is 1. The predicted molar refractivity (Wildman–Crippen MR) is 65.6 cm³/mol. The van der Waals surface area contributed by atoms with Gasteiger partial charge in [-0.2, -0.15) is 0 Å². The Labute approximate surface area is 106 Å². The molecule has 1 aromatic carbocycles. The molecule has 5 heteroatoms. The molecule has 0 radical (unpaired) electrons. The summed E-state index contributed by atoms with van der Waals surface area (Å²) in [6, 6.07) is 5.86. The van der Waals surface area contributed by atoms with Crippen LogP contribution in [0.25, 0.3) is 0 Å². The van der Waals surface area contributed by atoms with Crippen LogP contribution >= 0.6 is 0 Å². The zero-order valence-electron chi connectivity index (χ0n) is 10.5. The highest BCUT2D eigenvalue weighted by molar-refractivity contribution is 5.67. The first-order valence-electron chi connectivity index (χ1n) is 5.93. The Kier molecular flexibility index (Phi) is 5.58. The SMILES string of the molecule is CCCNC(=O)OC(C)C(O)c1ccccc1F. The first-order chi connectivity index (χ1) is 8.56. The normalized spacial score (nSPS) is 13.8. The Bertz CT molecular complexity index is 398.